The third-order valence-electron chi connectivity index (χ3n) is 9.85. The van der Waals surface area contributed by atoms with Crippen LogP contribution in [-0.4, -0.2) is 36.1 Å². The first-order chi connectivity index (χ1) is 27.3. The minimum Gasteiger partial charge on any atom is -0.465 e. The van der Waals surface area contributed by atoms with Crippen LogP contribution >= 0.6 is 23.1 Å². The molecule has 0 spiro atoms. The first kappa shape index (κ1) is 38.3. The maximum absolute atomic E-state index is 13.9. The van der Waals surface area contributed by atoms with Gasteiger partial charge in [0, 0.05) is 21.0 Å². The Bertz CT molecular complexity index is 2420. The normalized spacial score (nSPS) is 14.3. The van der Waals surface area contributed by atoms with Crippen LogP contribution in [-0.2, 0) is 27.2 Å². The first-order valence-corrected chi connectivity index (χ1v) is 20.2. The molecule has 1 heterocycles. The van der Waals surface area contributed by atoms with Crippen LogP contribution in [0.2, 0.25) is 0 Å². The first-order valence-electron chi connectivity index (χ1n) is 18.5. The summed E-state index contributed by atoms with van der Waals surface area (Å²) in [4.78, 5) is 56.0. The summed E-state index contributed by atoms with van der Waals surface area (Å²) in [7, 11) is 1.36. The summed E-state index contributed by atoms with van der Waals surface area (Å²) >= 11 is 2.83. The molecule has 8 nitrogen and oxygen atoms in total. The number of amides is 3. The van der Waals surface area contributed by atoms with Gasteiger partial charge in [0.1, 0.15) is 10.7 Å². The molecule has 2 atom stereocenters. The SMILES string of the molecule is CCC(Sc1cccc(NC(=O)/C(=C\c2cccc3ccccc23)NC(=O)c2ccccc2)c1)C(=O)Nc1sc2c(c1C(=O)OC)CCC(c1ccccc1)C2. The number of hydrogen-bond acceptors (Lipinski definition) is 7. The number of benzene rings is 5. The molecule has 0 bridgehead atoms. The van der Waals surface area contributed by atoms with Crippen molar-refractivity contribution in [2.45, 2.75) is 48.7 Å². The van der Waals surface area contributed by atoms with Gasteiger partial charge in [-0.25, -0.2) is 4.79 Å². The van der Waals surface area contributed by atoms with Crippen LogP contribution in [0.4, 0.5) is 10.7 Å². The molecule has 0 radical (unpaired) electrons. The number of rotatable bonds is 12. The predicted octanol–water partition coefficient (Wildman–Crippen LogP) is 9.88. The van der Waals surface area contributed by atoms with E-state index in [-0.39, 0.29) is 11.6 Å². The number of thiophene rings is 1. The Kier molecular flexibility index (Phi) is 12.1. The zero-order valence-corrected chi connectivity index (χ0v) is 32.7. The van der Waals surface area contributed by atoms with Crippen molar-refractivity contribution in [1.82, 2.24) is 5.32 Å². The summed E-state index contributed by atoms with van der Waals surface area (Å²) in [6, 6.07) is 40.0. The van der Waals surface area contributed by atoms with E-state index in [9.17, 15) is 19.2 Å². The lowest BCUT2D eigenvalue weighted by atomic mass is 9.83. The summed E-state index contributed by atoms with van der Waals surface area (Å²) in [5, 5.41) is 10.8. The van der Waals surface area contributed by atoms with Crippen molar-refractivity contribution in [3.05, 3.63) is 166 Å². The molecule has 1 aliphatic carbocycles. The Morgan fingerprint density at radius 2 is 1.57 bits per heavy atom. The van der Waals surface area contributed by atoms with Crippen molar-refractivity contribution in [2.24, 2.45) is 0 Å². The smallest absolute Gasteiger partial charge is 0.341 e. The lowest BCUT2D eigenvalue weighted by Gasteiger charge is -2.22. The molecule has 3 amide bonds. The molecule has 3 N–H and O–H groups in total. The van der Waals surface area contributed by atoms with Crippen molar-refractivity contribution >= 4 is 74.3 Å². The van der Waals surface area contributed by atoms with Gasteiger partial charge in [-0.2, -0.15) is 0 Å². The molecule has 1 aliphatic rings. The maximum atomic E-state index is 13.9. The van der Waals surface area contributed by atoms with Gasteiger partial charge in [-0.15, -0.1) is 23.1 Å². The van der Waals surface area contributed by atoms with E-state index < -0.39 is 23.0 Å². The largest absolute Gasteiger partial charge is 0.465 e. The average Bonchev–Trinajstić information content (AvgIpc) is 3.60. The number of fused-ring (bicyclic) bond motifs is 2. The third-order valence-corrected chi connectivity index (χ3v) is 12.4. The highest BCUT2D eigenvalue weighted by Gasteiger charge is 2.32. The second kappa shape index (κ2) is 17.7. The molecule has 1 aromatic heterocycles. The second-order valence-electron chi connectivity index (χ2n) is 13.5. The van der Waals surface area contributed by atoms with Gasteiger partial charge in [-0.1, -0.05) is 104 Å². The third kappa shape index (κ3) is 8.77. The van der Waals surface area contributed by atoms with Crippen LogP contribution in [0, 0.1) is 0 Å². The van der Waals surface area contributed by atoms with Gasteiger partial charge in [0.15, 0.2) is 0 Å². The second-order valence-corrected chi connectivity index (χ2v) is 15.9. The molecular weight excluding hydrogens is 739 g/mol. The zero-order valence-electron chi connectivity index (χ0n) is 31.0. The summed E-state index contributed by atoms with van der Waals surface area (Å²) in [6.45, 7) is 1.94. The molecule has 10 heteroatoms. The molecule has 0 saturated carbocycles. The van der Waals surface area contributed by atoms with Crippen LogP contribution in [0.15, 0.2) is 138 Å². The topological polar surface area (TPSA) is 114 Å². The number of hydrogen-bond donors (Lipinski definition) is 3. The number of esters is 1. The van der Waals surface area contributed by atoms with Gasteiger partial charge in [-0.3, -0.25) is 14.4 Å². The lowest BCUT2D eigenvalue weighted by Crippen LogP contribution is -2.30. The van der Waals surface area contributed by atoms with Gasteiger partial charge in [0.2, 0.25) is 5.91 Å². The molecule has 6 aromatic rings. The molecule has 282 valence electrons. The average molecular weight is 780 g/mol. The highest BCUT2D eigenvalue weighted by atomic mass is 32.2. The van der Waals surface area contributed by atoms with E-state index >= 15 is 0 Å². The molecule has 7 rings (SSSR count). The van der Waals surface area contributed by atoms with Crippen molar-refractivity contribution in [3.8, 4) is 0 Å². The van der Waals surface area contributed by atoms with Gasteiger partial charge < -0.3 is 20.7 Å². The van der Waals surface area contributed by atoms with E-state index in [0.717, 1.165) is 50.9 Å². The Hall–Kier alpha value is -5.97. The van der Waals surface area contributed by atoms with Crippen molar-refractivity contribution in [1.29, 1.82) is 0 Å². The predicted molar refractivity (Wildman–Crippen MR) is 226 cm³/mol. The molecular formula is C46H41N3O5S2. The van der Waals surface area contributed by atoms with Crippen molar-refractivity contribution in [3.63, 3.8) is 0 Å². The number of nitrogens with one attached hydrogen (secondary N) is 3. The maximum Gasteiger partial charge on any atom is 0.341 e. The summed E-state index contributed by atoms with van der Waals surface area (Å²) in [5.41, 5.74) is 4.46. The standard InChI is InChI=1S/C46H41N3O5S2/c1-3-39(44(52)49-45-41(46(53)54-2)37-25-24-32(27-40(37)56-45)29-14-6-4-7-15-29)55-35-22-13-21-34(28-35)47-43(51)38(48-42(50)31-17-8-5-9-18-31)26-33-20-12-19-30-16-10-11-23-36(30)33/h4-23,26,28,32,39H,3,24-25,27H2,1-2H3,(H,47,51)(H,48,50)(H,49,52)/b38-26+. The van der Waals surface area contributed by atoms with E-state index in [4.69, 9.17) is 4.74 Å². The van der Waals surface area contributed by atoms with Crippen LogP contribution in [0.1, 0.15) is 68.0 Å². The number of methoxy groups -OCH3 is 1. The number of carbonyl (C=O) groups is 4. The number of carbonyl (C=O) groups excluding carboxylic acids is 4. The van der Waals surface area contributed by atoms with E-state index in [1.807, 2.05) is 85.8 Å². The minimum atomic E-state index is -0.499. The summed E-state index contributed by atoms with van der Waals surface area (Å²) < 4.78 is 5.18. The van der Waals surface area contributed by atoms with Crippen LogP contribution < -0.4 is 16.0 Å². The molecule has 2 unspecified atom stereocenters. The molecule has 0 saturated heterocycles. The van der Waals surface area contributed by atoms with Crippen molar-refractivity contribution in [2.75, 3.05) is 17.7 Å². The molecule has 0 fully saturated rings. The van der Waals surface area contributed by atoms with E-state index in [2.05, 4.69) is 28.1 Å². The minimum absolute atomic E-state index is 0.0780. The van der Waals surface area contributed by atoms with Gasteiger partial charge >= 0.3 is 5.97 Å². The van der Waals surface area contributed by atoms with E-state index in [0.29, 0.717) is 34.2 Å². The number of ether oxygens (including phenoxy) is 1. The van der Waals surface area contributed by atoms with Gasteiger partial charge in [0.05, 0.1) is 17.9 Å². The lowest BCUT2D eigenvalue weighted by molar-refractivity contribution is -0.116. The quantitative estimate of drug-likeness (QED) is 0.0648. The number of thioether (sulfide) groups is 1. The van der Waals surface area contributed by atoms with Crippen LogP contribution in [0.25, 0.3) is 16.8 Å². The van der Waals surface area contributed by atoms with Crippen LogP contribution in [0.3, 0.4) is 0 Å². The van der Waals surface area contributed by atoms with E-state index in [1.165, 1.54) is 35.8 Å². The zero-order chi connectivity index (χ0) is 39.0. The highest BCUT2D eigenvalue weighted by Crippen LogP contribution is 2.43. The fourth-order valence-corrected chi connectivity index (χ4v) is 9.33. The van der Waals surface area contributed by atoms with Gasteiger partial charge in [-0.05, 0) is 95.5 Å². The monoisotopic (exact) mass is 779 g/mol. The Balaban J connectivity index is 1.08. The fourth-order valence-electron chi connectivity index (χ4n) is 7.00. The Morgan fingerprint density at radius 1 is 0.857 bits per heavy atom. The van der Waals surface area contributed by atoms with E-state index in [1.54, 1.807) is 42.5 Å². The van der Waals surface area contributed by atoms with Gasteiger partial charge in [0.25, 0.3) is 11.8 Å². The fraction of sp³-hybridized carbons (Fsp3) is 0.174. The molecule has 56 heavy (non-hydrogen) atoms. The highest BCUT2D eigenvalue weighted by molar-refractivity contribution is 8.00. The number of anilines is 2. The summed E-state index contributed by atoms with van der Waals surface area (Å²) in [5.74, 6) is -1.24. The molecule has 5 aromatic carbocycles. The van der Waals surface area contributed by atoms with Crippen LogP contribution in [0.5, 0.6) is 0 Å². The molecule has 0 aliphatic heterocycles. The Labute approximate surface area is 334 Å². The Morgan fingerprint density at radius 3 is 2.34 bits per heavy atom. The van der Waals surface area contributed by atoms with Crippen molar-refractivity contribution < 1.29 is 23.9 Å². The summed E-state index contributed by atoms with van der Waals surface area (Å²) in [6.07, 6.45) is 4.63.